The highest BCUT2D eigenvalue weighted by atomic mass is 16.5. The zero-order valence-corrected chi connectivity index (χ0v) is 15.5. The SMILES string of the molecule is CC(C)(C)[C@H]1COC(c2cccc(C3=N[C@@H](C(C)(C)C)CO3)n2)=N1. The normalized spacial score (nSPS) is 24.2. The second-order valence-electron chi connectivity index (χ2n) is 8.66. The number of aliphatic imine (C=N–C) groups is 2. The third-order valence-corrected chi connectivity index (χ3v) is 4.49. The smallest absolute Gasteiger partial charge is 0.235 e. The van der Waals surface area contributed by atoms with Crippen LogP contribution in [0.2, 0.25) is 0 Å². The molecule has 0 saturated carbocycles. The van der Waals surface area contributed by atoms with Crippen LogP contribution in [0.1, 0.15) is 52.9 Å². The molecule has 2 aliphatic heterocycles. The molecule has 0 amide bonds. The summed E-state index contributed by atoms with van der Waals surface area (Å²) in [6.45, 7) is 14.2. The highest BCUT2D eigenvalue weighted by Gasteiger charge is 2.33. The van der Waals surface area contributed by atoms with Gasteiger partial charge in [-0.1, -0.05) is 47.6 Å². The van der Waals surface area contributed by atoms with Crippen LogP contribution in [-0.2, 0) is 9.47 Å². The van der Waals surface area contributed by atoms with Gasteiger partial charge in [-0.05, 0) is 23.0 Å². The molecule has 24 heavy (non-hydrogen) atoms. The summed E-state index contributed by atoms with van der Waals surface area (Å²) in [5.74, 6) is 1.23. The first-order valence-corrected chi connectivity index (χ1v) is 8.53. The number of rotatable bonds is 2. The Morgan fingerprint density at radius 3 is 1.54 bits per heavy atom. The molecule has 3 heterocycles. The van der Waals surface area contributed by atoms with Crippen LogP contribution in [0.15, 0.2) is 28.2 Å². The lowest BCUT2D eigenvalue weighted by molar-refractivity contribution is 0.235. The summed E-state index contributed by atoms with van der Waals surface area (Å²) >= 11 is 0. The lowest BCUT2D eigenvalue weighted by atomic mass is 9.88. The molecule has 1 aromatic heterocycles. The van der Waals surface area contributed by atoms with Crippen molar-refractivity contribution in [2.24, 2.45) is 20.8 Å². The standard InChI is InChI=1S/C19H27N3O2/c1-18(2,3)14-10-23-16(21-14)12-8-7-9-13(20-12)17-22-15(11-24-17)19(4,5)6/h7-9,14-15H,10-11H2,1-6H3/t14-,15-/m1/s1. The predicted molar refractivity (Wildman–Crippen MR) is 95.7 cm³/mol. The van der Waals surface area contributed by atoms with E-state index in [4.69, 9.17) is 19.5 Å². The van der Waals surface area contributed by atoms with Gasteiger partial charge in [-0.3, -0.25) is 0 Å². The van der Waals surface area contributed by atoms with Crippen LogP contribution in [0, 0.1) is 10.8 Å². The highest BCUT2D eigenvalue weighted by Crippen LogP contribution is 2.28. The van der Waals surface area contributed by atoms with Gasteiger partial charge in [0.2, 0.25) is 11.8 Å². The second kappa shape index (κ2) is 5.87. The van der Waals surface area contributed by atoms with Crippen molar-refractivity contribution in [2.45, 2.75) is 53.6 Å². The van der Waals surface area contributed by atoms with E-state index in [-0.39, 0.29) is 22.9 Å². The van der Waals surface area contributed by atoms with E-state index in [1.165, 1.54) is 0 Å². The Bertz CT molecular complexity index is 625. The Labute approximate surface area is 144 Å². The molecule has 0 unspecified atom stereocenters. The molecule has 0 fully saturated rings. The van der Waals surface area contributed by atoms with Crippen molar-refractivity contribution in [2.75, 3.05) is 13.2 Å². The molecular formula is C19H27N3O2. The first-order valence-electron chi connectivity index (χ1n) is 8.53. The molecule has 5 nitrogen and oxygen atoms in total. The van der Waals surface area contributed by atoms with E-state index in [9.17, 15) is 0 Å². The molecule has 0 spiro atoms. The molecule has 0 saturated heterocycles. The average molecular weight is 329 g/mol. The van der Waals surface area contributed by atoms with E-state index in [1.54, 1.807) is 0 Å². The number of aromatic nitrogens is 1. The van der Waals surface area contributed by atoms with Crippen molar-refractivity contribution < 1.29 is 9.47 Å². The van der Waals surface area contributed by atoms with E-state index in [2.05, 4.69) is 46.5 Å². The quantitative estimate of drug-likeness (QED) is 0.835. The van der Waals surface area contributed by atoms with Crippen LogP contribution in [0.3, 0.4) is 0 Å². The fourth-order valence-corrected chi connectivity index (χ4v) is 2.59. The van der Waals surface area contributed by atoms with Gasteiger partial charge in [0.15, 0.2) is 0 Å². The summed E-state index contributed by atoms with van der Waals surface area (Å²) in [6.07, 6.45) is 0. The topological polar surface area (TPSA) is 56.1 Å². The maximum Gasteiger partial charge on any atom is 0.235 e. The van der Waals surface area contributed by atoms with Crippen LogP contribution in [0.5, 0.6) is 0 Å². The Morgan fingerprint density at radius 1 is 0.792 bits per heavy atom. The van der Waals surface area contributed by atoms with Gasteiger partial charge >= 0.3 is 0 Å². The number of nitrogens with zero attached hydrogens (tertiary/aromatic N) is 3. The van der Waals surface area contributed by atoms with Crippen molar-refractivity contribution in [3.8, 4) is 0 Å². The van der Waals surface area contributed by atoms with Gasteiger partial charge in [0.05, 0.1) is 12.1 Å². The molecular weight excluding hydrogens is 302 g/mol. The number of pyridine rings is 1. The molecule has 2 aliphatic rings. The third-order valence-electron chi connectivity index (χ3n) is 4.49. The Hall–Kier alpha value is -1.91. The van der Waals surface area contributed by atoms with E-state index < -0.39 is 0 Å². The van der Waals surface area contributed by atoms with Crippen LogP contribution in [0.25, 0.3) is 0 Å². The summed E-state index contributed by atoms with van der Waals surface area (Å²) in [5.41, 5.74) is 1.64. The van der Waals surface area contributed by atoms with Gasteiger partial charge < -0.3 is 9.47 Å². The fourth-order valence-electron chi connectivity index (χ4n) is 2.59. The molecule has 5 heteroatoms. The largest absolute Gasteiger partial charge is 0.474 e. The van der Waals surface area contributed by atoms with E-state index in [1.807, 2.05) is 18.2 Å². The first-order chi connectivity index (χ1) is 11.1. The van der Waals surface area contributed by atoms with Crippen molar-refractivity contribution in [1.82, 2.24) is 4.98 Å². The Kier molecular flexibility index (Phi) is 4.14. The van der Waals surface area contributed by atoms with Crippen molar-refractivity contribution in [3.05, 3.63) is 29.6 Å². The van der Waals surface area contributed by atoms with Gasteiger partial charge in [-0.25, -0.2) is 15.0 Å². The monoisotopic (exact) mass is 329 g/mol. The van der Waals surface area contributed by atoms with Crippen LogP contribution >= 0.6 is 0 Å². The Balaban J connectivity index is 1.84. The molecule has 130 valence electrons. The lowest BCUT2D eigenvalue weighted by Gasteiger charge is -2.21. The van der Waals surface area contributed by atoms with Crippen molar-refractivity contribution in [3.63, 3.8) is 0 Å². The van der Waals surface area contributed by atoms with Gasteiger partial charge in [-0.15, -0.1) is 0 Å². The maximum absolute atomic E-state index is 5.78. The molecule has 1 aromatic rings. The molecule has 0 radical (unpaired) electrons. The minimum absolute atomic E-state index is 0.0813. The summed E-state index contributed by atoms with van der Waals surface area (Å²) < 4.78 is 11.6. The third kappa shape index (κ3) is 3.45. The minimum atomic E-state index is 0.0813. The molecule has 0 aliphatic carbocycles. The zero-order chi connectivity index (χ0) is 17.5. The number of hydrogen-bond donors (Lipinski definition) is 0. The summed E-state index contributed by atoms with van der Waals surface area (Å²) in [4.78, 5) is 14.1. The number of hydrogen-bond acceptors (Lipinski definition) is 5. The van der Waals surface area contributed by atoms with Gasteiger partial charge in [0.1, 0.15) is 24.6 Å². The maximum atomic E-state index is 5.78. The summed E-state index contributed by atoms with van der Waals surface area (Å²) in [5, 5.41) is 0. The van der Waals surface area contributed by atoms with Crippen LogP contribution in [0.4, 0.5) is 0 Å². The lowest BCUT2D eigenvalue weighted by Crippen LogP contribution is -2.25. The Morgan fingerprint density at radius 2 is 1.21 bits per heavy atom. The van der Waals surface area contributed by atoms with E-state index in [0.717, 1.165) is 11.4 Å². The number of ether oxygens (including phenoxy) is 2. The van der Waals surface area contributed by atoms with Gasteiger partial charge in [-0.2, -0.15) is 0 Å². The van der Waals surface area contributed by atoms with Crippen molar-refractivity contribution in [1.29, 1.82) is 0 Å². The fraction of sp³-hybridized carbons (Fsp3) is 0.632. The first kappa shape index (κ1) is 16.9. The van der Waals surface area contributed by atoms with Crippen LogP contribution < -0.4 is 0 Å². The van der Waals surface area contributed by atoms with E-state index >= 15 is 0 Å². The predicted octanol–water partition coefficient (Wildman–Crippen LogP) is 3.46. The summed E-state index contributed by atoms with van der Waals surface area (Å²) in [6, 6.07) is 6.10. The molecule has 0 aromatic carbocycles. The van der Waals surface area contributed by atoms with Gasteiger partial charge in [0, 0.05) is 0 Å². The molecule has 3 rings (SSSR count). The molecule has 0 bridgehead atoms. The second-order valence-corrected chi connectivity index (χ2v) is 8.66. The zero-order valence-electron chi connectivity index (χ0n) is 15.5. The average Bonchev–Trinajstić information content (AvgIpc) is 3.16. The van der Waals surface area contributed by atoms with Crippen molar-refractivity contribution >= 4 is 11.8 Å². The van der Waals surface area contributed by atoms with Gasteiger partial charge in [0.25, 0.3) is 0 Å². The minimum Gasteiger partial charge on any atom is -0.474 e. The summed E-state index contributed by atoms with van der Waals surface area (Å²) in [7, 11) is 0. The van der Waals surface area contributed by atoms with E-state index in [0.29, 0.717) is 25.0 Å². The van der Waals surface area contributed by atoms with Crippen LogP contribution in [-0.4, -0.2) is 42.1 Å². The highest BCUT2D eigenvalue weighted by molar-refractivity contribution is 5.97. The molecule has 0 N–H and O–H groups in total. The molecule has 2 atom stereocenters.